The van der Waals surface area contributed by atoms with Crippen molar-refractivity contribution in [3.8, 4) is 0 Å². The standard InChI is InChI=1S/C13H16N2O4S/c16-12(17)5-9-7-20-4-3-15(9)13(18)11-6-10(14-19-11)8-1-2-8/h6,8-9H,1-5,7H2,(H,16,17). The molecule has 1 atom stereocenters. The highest BCUT2D eigenvalue weighted by atomic mass is 32.2. The normalized spacial score (nSPS) is 22.8. The molecule has 2 aliphatic rings. The Labute approximate surface area is 120 Å². The van der Waals surface area contributed by atoms with E-state index in [2.05, 4.69) is 5.16 Å². The molecule has 7 heteroatoms. The number of carbonyl (C=O) groups is 2. The molecule has 0 bridgehead atoms. The highest BCUT2D eigenvalue weighted by molar-refractivity contribution is 7.99. The first kappa shape index (κ1) is 13.5. The lowest BCUT2D eigenvalue weighted by Crippen LogP contribution is -2.47. The van der Waals surface area contributed by atoms with Crippen LogP contribution in [0.15, 0.2) is 10.6 Å². The van der Waals surface area contributed by atoms with Crippen LogP contribution in [-0.2, 0) is 4.79 Å². The number of hydrogen-bond acceptors (Lipinski definition) is 5. The van der Waals surface area contributed by atoms with Crippen LogP contribution in [0.25, 0.3) is 0 Å². The summed E-state index contributed by atoms with van der Waals surface area (Å²) in [5.74, 6) is 1.02. The molecule has 2 fully saturated rings. The second kappa shape index (κ2) is 5.47. The Morgan fingerprint density at radius 1 is 1.50 bits per heavy atom. The van der Waals surface area contributed by atoms with Crippen LogP contribution in [0.1, 0.15) is 41.4 Å². The molecule has 1 N–H and O–H groups in total. The number of hydrogen-bond donors (Lipinski definition) is 1. The summed E-state index contributed by atoms with van der Waals surface area (Å²) >= 11 is 1.68. The number of carbonyl (C=O) groups excluding carboxylic acids is 1. The molecule has 1 aliphatic carbocycles. The Bertz CT molecular complexity index is 526. The van der Waals surface area contributed by atoms with Crippen LogP contribution in [0, 0.1) is 0 Å². The van der Waals surface area contributed by atoms with Gasteiger partial charge in [-0.2, -0.15) is 11.8 Å². The number of carboxylic acid groups (broad SMARTS) is 1. The fourth-order valence-electron chi connectivity index (χ4n) is 2.40. The summed E-state index contributed by atoms with van der Waals surface area (Å²) in [6, 6.07) is 1.44. The number of nitrogens with zero attached hydrogens (tertiary/aromatic N) is 2. The molecule has 1 unspecified atom stereocenters. The summed E-state index contributed by atoms with van der Waals surface area (Å²) in [6.45, 7) is 0.556. The van der Waals surface area contributed by atoms with E-state index in [0.29, 0.717) is 18.2 Å². The maximum Gasteiger partial charge on any atom is 0.305 e. The van der Waals surface area contributed by atoms with Crippen LogP contribution < -0.4 is 0 Å². The van der Waals surface area contributed by atoms with Crippen molar-refractivity contribution in [3.63, 3.8) is 0 Å². The Kier molecular flexibility index (Phi) is 3.69. The summed E-state index contributed by atoms with van der Waals surface area (Å²) < 4.78 is 5.14. The zero-order valence-corrected chi connectivity index (χ0v) is 11.8. The zero-order chi connectivity index (χ0) is 14.1. The van der Waals surface area contributed by atoms with E-state index in [0.717, 1.165) is 24.3 Å². The lowest BCUT2D eigenvalue weighted by Gasteiger charge is -2.33. The van der Waals surface area contributed by atoms with E-state index in [1.807, 2.05) is 0 Å². The van der Waals surface area contributed by atoms with Gasteiger partial charge in [0, 0.05) is 30.0 Å². The third-order valence-corrected chi connectivity index (χ3v) is 4.73. The minimum atomic E-state index is -0.883. The number of aliphatic carboxylic acids is 1. The molecular weight excluding hydrogens is 280 g/mol. The second-order valence-electron chi connectivity index (χ2n) is 5.22. The summed E-state index contributed by atoms with van der Waals surface area (Å²) in [5, 5.41) is 12.9. The Morgan fingerprint density at radius 2 is 2.30 bits per heavy atom. The molecule has 0 radical (unpaired) electrons. The van der Waals surface area contributed by atoms with Crippen molar-refractivity contribution in [2.24, 2.45) is 0 Å². The minimum Gasteiger partial charge on any atom is -0.481 e. The largest absolute Gasteiger partial charge is 0.481 e. The average molecular weight is 296 g/mol. The fraction of sp³-hybridized carbons (Fsp3) is 0.615. The molecular formula is C13H16N2O4S. The van der Waals surface area contributed by atoms with E-state index < -0.39 is 5.97 Å². The molecule has 6 nitrogen and oxygen atoms in total. The van der Waals surface area contributed by atoms with Crippen molar-refractivity contribution >= 4 is 23.6 Å². The van der Waals surface area contributed by atoms with E-state index in [1.165, 1.54) is 0 Å². The van der Waals surface area contributed by atoms with Gasteiger partial charge in [0.2, 0.25) is 5.76 Å². The van der Waals surface area contributed by atoms with Crippen molar-refractivity contribution < 1.29 is 19.2 Å². The molecule has 1 amide bonds. The van der Waals surface area contributed by atoms with E-state index >= 15 is 0 Å². The maximum atomic E-state index is 12.4. The Morgan fingerprint density at radius 3 is 3.00 bits per heavy atom. The van der Waals surface area contributed by atoms with Gasteiger partial charge in [0.25, 0.3) is 5.91 Å². The minimum absolute atomic E-state index is 0.0254. The fourth-order valence-corrected chi connectivity index (χ4v) is 3.46. The van der Waals surface area contributed by atoms with Crippen LogP contribution in [0.2, 0.25) is 0 Å². The summed E-state index contributed by atoms with van der Waals surface area (Å²) in [5.41, 5.74) is 0.842. The molecule has 1 saturated carbocycles. The molecule has 1 saturated heterocycles. The van der Waals surface area contributed by atoms with Crippen molar-refractivity contribution in [2.45, 2.75) is 31.2 Å². The lowest BCUT2D eigenvalue weighted by molar-refractivity contribution is -0.138. The van der Waals surface area contributed by atoms with Gasteiger partial charge in [0.1, 0.15) is 0 Å². The number of aromatic nitrogens is 1. The van der Waals surface area contributed by atoms with Crippen molar-refractivity contribution in [3.05, 3.63) is 17.5 Å². The number of rotatable bonds is 4. The van der Waals surface area contributed by atoms with Crippen LogP contribution in [0.5, 0.6) is 0 Å². The van der Waals surface area contributed by atoms with Gasteiger partial charge in [-0.3, -0.25) is 9.59 Å². The highest BCUT2D eigenvalue weighted by Gasteiger charge is 2.33. The van der Waals surface area contributed by atoms with E-state index in [1.54, 1.807) is 22.7 Å². The highest BCUT2D eigenvalue weighted by Crippen LogP contribution is 2.39. The van der Waals surface area contributed by atoms with Gasteiger partial charge in [-0.05, 0) is 12.8 Å². The SMILES string of the molecule is O=C(O)CC1CSCCN1C(=O)c1cc(C2CC2)no1. The summed E-state index contributed by atoms with van der Waals surface area (Å²) in [4.78, 5) is 24.9. The molecule has 0 spiro atoms. The second-order valence-corrected chi connectivity index (χ2v) is 6.37. The third kappa shape index (κ3) is 2.82. The molecule has 20 heavy (non-hydrogen) atoms. The van der Waals surface area contributed by atoms with E-state index in [-0.39, 0.29) is 24.1 Å². The van der Waals surface area contributed by atoms with Gasteiger partial charge in [0.15, 0.2) is 0 Å². The first-order valence-corrected chi connectivity index (χ1v) is 7.87. The molecule has 2 heterocycles. The number of thioether (sulfide) groups is 1. The van der Waals surface area contributed by atoms with Gasteiger partial charge >= 0.3 is 5.97 Å². The first-order chi connectivity index (χ1) is 9.65. The molecule has 1 aromatic heterocycles. The van der Waals surface area contributed by atoms with Gasteiger partial charge < -0.3 is 14.5 Å². The first-order valence-electron chi connectivity index (χ1n) is 6.72. The molecule has 1 aliphatic heterocycles. The lowest BCUT2D eigenvalue weighted by atomic mass is 10.1. The average Bonchev–Trinajstić information content (AvgIpc) is 3.16. The van der Waals surface area contributed by atoms with Crippen LogP contribution >= 0.6 is 11.8 Å². The summed E-state index contributed by atoms with van der Waals surface area (Å²) in [6.07, 6.45) is 2.17. The van der Waals surface area contributed by atoms with Gasteiger partial charge in [-0.25, -0.2) is 0 Å². The predicted molar refractivity (Wildman–Crippen MR) is 72.9 cm³/mol. The third-order valence-electron chi connectivity index (χ3n) is 3.63. The summed E-state index contributed by atoms with van der Waals surface area (Å²) in [7, 11) is 0. The van der Waals surface area contributed by atoms with Crippen LogP contribution in [0.4, 0.5) is 0 Å². The van der Waals surface area contributed by atoms with Gasteiger partial charge in [-0.1, -0.05) is 5.16 Å². The molecule has 108 valence electrons. The zero-order valence-electron chi connectivity index (χ0n) is 10.9. The van der Waals surface area contributed by atoms with Crippen molar-refractivity contribution in [1.29, 1.82) is 0 Å². The van der Waals surface area contributed by atoms with Gasteiger partial charge in [0.05, 0.1) is 18.2 Å². The Balaban J connectivity index is 1.73. The Hall–Kier alpha value is -1.50. The monoisotopic (exact) mass is 296 g/mol. The van der Waals surface area contributed by atoms with Crippen LogP contribution in [0.3, 0.4) is 0 Å². The van der Waals surface area contributed by atoms with E-state index in [4.69, 9.17) is 9.63 Å². The number of carboxylic acids is 1. The molecule has 0 aromatic carbocycles. The quantitative estimate of drug-likeness (QED) is 0.908. The number of amides is 1. The maximum absolute atomic E-state index is 12.4. The van der Waals surface area contributed by atoms with Crippen molar-refractivity contribution in [2.75, 3.05) is 18.1 Å². The smallest absolute Gasteiger partial charge is 0.305 e. The van der Waals surface area contributed by atoms with Crippen LogP contribution in [-0.4, -0.2) is 51.1 Å². The topological polar surface area (TPSA) is 83.6 Å². The van der Waals surface area contributed by atoms with E-state index in [9.17, 15) is 9.59 Å². The molecule has 3 rings (SSSR count). The predicted octanol–water partition coefficient (Wildman–Crippen LogP) is 1.58. The van der Waals surface area contributed by atoms with Crippen molar-refractivity contribution in [1.82, 2.24) is 10.1 Å². The molecule has 1 aromatic rings. The van der Waals surface area contributed by atoms with Gasteiger partial charge in [-0.15, -0.1) is 0 Å².